The highest BCUT2D eigenvalue weighted by molar-refractivity contribution is 6.04. The van der Waals surface area contributed by atoms with E-state index < -0.39 is 48.3 Å². The van der Waals surface area contributed by atoms with Crippen LogP contribution in [0, 0.1) is 5.92 Å². The third-order valence-corrected chi connectivity index (χ3v) is 2.27. The lowest BCUT2D eigenvalue weighted by molar-refractivity contribution is -0.253. The standard InChI is InChI=1S/C10H11F7O2/c1-4(2)7(11)5(18)3-6(19)9(14,15)10(16,17)8(12)13/h4,7-8H,3H2,1-2H3. The molecule has 0 radical (unpaired) electrons. The van der Waals surface area contributed by atoms with E-state index in [2.05, 4.69) is 0 Å². The summed E-state index contributed by atoms with van der Waals surface area (Å²) in [7, 11) is 0. The predicted octanol–water partition coefficient (Wildman–Crippen LogP) is 3.04. The first kappa shape index (κ1) is 17.8. The molecule has 0 N–H and O–H groups in total. The third-order valence-electron chi connectivity index (χ3n) is 2.27. The molecule has 9 heteroatoms. The summed E-state index contributed by atoms with van der Waals surface area (Å²) >= 11 is 0. The van der Waals surface area contributed by atoms with E-state index in [9.17, 15) is 40.3 Å². The monoisotopic (exact) mass is 296 g/mol. The highest BCUT2D eigenvalue weighted by atomic mass is 19.3. The van der Waals surface area contributed by atoms with E-state index in [1.807, 2.05) is 0 Å². The van der Waals surface area contributed by atoms with Gasteiger partial charge in [-0.05, 0) is 5.92 Å². The highest BCUT2D eigenvalue weighted by Gasteiger charge is 2.67. The van der Waals surface area contributed by atoms with Crippen LogP contribution in [-0.4, -0.2) is 36.0 Å². The fraction of sp³-hybridized carbons (Fsp3) is 0.800. The van der Waals surface area contributed by atoms with Crippen LogP contribution in [0.4, 0.5) is 30.7 Å². The molecule has 0 spiro atoms. The van der Waals surface area contributed by atoms with Crippen LogP contribution in [0.5, 0.6) is 0 Å². The number of carbonyl (C=O) groups is 2. The number of hydrogen-bond donors (Lipinski definition) is 0. The summed E-state index contributed by atoms with van der Waals surface area (Å²) in [6, 6.07) is 0. The fourth-order valence-electron chi connectivity index (χ4n) is 1.06. The van der Waals surface area contributed by atoms with Crippen LogP contribution in [0.1, 0.15) is 20.3 Å². The molecule has 0 saturated heterocycles. The van der Waals surface area contributed by atoms with Gasteiger partial charge < -0.3 is 0 Å². The minimum atomic E-state index is -5.91. The Kier molecular flexibility index (Phi) is 5.52. The minimum absolute atomic E-state index is 0.954. The maximum absolute atomic E-state index is 13.0. The first-order valence-electron chi connectivity index (χ1n) is 5.09. The molecule has 112 valence electrons. The van der Waals surface area contributed by atoms with Gasteiger partial charge >= 0.3 is 18.3 Å². The Labute approximate surface area is 104 Å². The van der Waals surface area contributed by atoms with Crippen LogP contribution in [-0.2, 0) is 9.59 Å². The normalized spacial score (nSPS) is 14.9. The van der Waals surface area contributed by atoms with Crippen LogP contribution in [0.15, 0.2) is 0 Å². The Bertz CT molecular complexity index is 352. The van der Waals surface area contributed by atoms with Crippen LogP contribution in [0.3, 0.4) is 0 Å². The predicted molar refractivity (Wildman–Crippen MR) is 50.3 cm³/mol. The quantitative estimate of drug-likeness (QED) is 0.534. The Morgan fingerprint density at radius 2 is 1.42 bits per heavy atom. The van der Waals surface area contributed by atoms with E-state index in [-0.39, 0.29) is 0 Å². The lowest BCUT2D eigenvalue weighted by Gasteiger charge is -2.24. The SMILES string of the molecule is CC(C)C(F)C(=O)CC(=O)C(F)(F)C(F)(F)C(F)F. The number of ketones is 2. The molecule has 0 saturated carbocycles. The van der Waals surface area contributed by atoms with Gasteiger partial charge in [-0.15, -0.1) is 0 Å². The molecule has 19 heavy (non-hydrogen) atoms. The molecule has 0 aliphatic heterocycles. The smallest absolute Gasteiger partial charge is 0.296 e. The van der Waals surface area contributed by atoms with Gasteiger partial charge in [0.1, 0.15) is 0 Å². The molecule has 0 aromatic rings. The second kappa shape index (κ2) is 5.87. The number of carbonyl (C=O) groups excluding carboxylic acids is 2. The van der Waals surface area contributed by atoms with Gasteiger partial charge in [-0.3, -0.25) is 9.59 Å². The second-order valence-corrected chi connectivity index (χ2v) is 4.21. The van der Waals surface area contributed by atoms with Crippen molar-refractivity contribution in [1.82, 2.24) is 0 Å². The maximum Gasteiger partial charge on any atom is 0.376 e. The van der Waals surface area contributed by atoms with E-state index in [4.69, 9.17) is 0 Å². The van der Waals surface area contributed by atoms with Crippen LogP contribution < -0.4 is 0 Å². The van der Waals surface area contributed by atoms with Gasteiger partial charge in [0.2, 0.25) is 5.78 Å². The fourth-order valence-corrected chi connectivity index (χ4v) is 1.06. The van der Waals surface area contributed by atoms with Crippen molar-refractivity contribution < 1.29 is 40.3 Å². The number of rotatable bonds is 7. The molecule has 0 bridgehead atoms. The highest BCUT2D eigenvalue weighted by Crippen LogP contribution is 2.40. The lowest BCUT2D eigenvalue weighted by Crippen LogP contribution is -2.52. The molecule has 0 aromatic heterocycles. The summed E-state index contributed by atoms with van der Waals surface area (Å²) in [5.74, 6) is -17.0. The largest absolute Gasteiger partial charge is 0.376 e. The van der Waals surface area contributed by atoms with E-state index in [1.54, 1.807) is 0 Å². The molecule has 1 unspecified atom stereocenters. The van der Waals surface area contributed by atoms with E-state index in [0.717, 1.165) is 0 Å². The average molecular weight is 296 g/mol. The number of alkyl halides is 7. The van der Waals surface area contributed by atoms with Crippen LogP contribution >= 0.6 is 0 Å². The van der Waals surface area contributed by atoms with Crippen molar-refractivity contribution >= 4 is 11.6 Å². The first-order valence-corrected chi connectivity index (χ1v) is 5.09. The summed E-state index contributed by atoms with van der Waals surface area (Å²) in [4.78, 5) is 21.8. The number of hydrogen-bond acceptors (Lipinski definition) is 2. The second-order valence-electron chi connectivity index (χ2n) is 4.21. The van der Waals surface area contributed by atoms with Gasteiger partial charge in [-0.1, -0.05) is 13.8 Å². The van der Waals surface area contributed by atoms with E-state index in [1.165, 1.54) is 13.8 Å². The maximum atomic E-state index is 13.0. The zero-order valence-electron chi connectivity index (χ0n) is 9.90. The molecule has 0 rings (SSSR count). The minimum Gasteiger partial charge on any atom is -0.296 e. The van der Waals surface area contributed by atoms with Gasteiger partial charge in [-0.2, -0.15) is 17.6 Å². The topological polar surface area (TPSA) is 34.1 Å². The summed E-state index contributed by atoms with van der Waals surface area (Å²) in [5.41, 5.74) is 0. The zero-order valence-corrected chi connectivity index (χ0v) is 9.90. The Hall–Kier alpha value is -1.15. The molecule has 0 fully saturated rings. The van der Waals surface area contributed by atoms with Gasteiger partial charge in [0.05, 0.1) is 6.42 Å². The molecule has 0 aliphatic carbocycles. The molecule has 0 amide bonds. The number of Topliss-reactive ketones (excluding diaryl/α,β-unsaturated/α-hetero) is 2. The van der Waals surface area contributed by atoms with Crippen molar-refractivity contribution in [2.75, 3.05) is 0 Å². The lowest BCUT2D eigenvalue weighted by atomic mass is 9.97. The zero-order chi connectivity index (χ0) is 15.6. The molecule has 2 nitrogen and oxygen atoms in total. The van der Waals surface area contributed by atoms with Gasteiger partial charge in [0, 0.05) is 0 Å². The van der Waals surface area contributed by atoms with Crippen molar-refractivity contribution in [2.24, 2.45) is 5.92 Å². The molecular formula is C10H11F7O2. The summed E-state index contributed by atoms with van der Waals surface area (Å²) in [6.07, 6.45) is -8.96. The number of halogens is 7. The Morgan fingerprint density at radius 3 is 1.74 bits per heavy atom. The van der Waals surface area contributed by atoms with Crippen molar-refractivity contribution in [3.63, 3.8) is 0 Å². The summed E-state index contributed by atoms with van der Waals surface area (Å²) < 4.78 is 87.1. The van der Waals surface area contributed by atoms with Gasteiger partial charge in [0.25, 0.3) is 0 Å². The van der Waals surface area contributed by atoms with Gasteiger partial charge in [-0.25, -0.2) is 13.2 Å². The van der Waals surface area contributed by atoms with Crippen molar-refractivity contribution in [3.8, 4) is 0 Å². The van der Waals surface area contributed by atoms with Crippen LogP contribution in [0.25, 0.3) is 0 Å². The van der Waals surface area contributed by atoms with E-state index in [0.29, 0.717) is 0 Å². The van der Waals surface area contributed by atoms with E-state index >= 15 is 0 Å². The molecular weight excluding hydrogens is 285 g/mol. The Balaban J connectivity index is 4.98. The van der Waals surface area contributed by atoms with Crippen molar-refractivity contribution in [3.05, 3.63) is 0 Å². The molecule has 0 aliphatic rings. The van der Waals surface area contributed by atoms with Crippen molar-refractivity contribution in [2.45, 2.75) is 44.7 Å². The average Bonchev–Trinajstić information content (AvgIpc) is 2.26. The molecule has 1 atom stereocenters. The molecule has 0 aromatic carbocycles. The summed E-state index contributed by atoms with van der Waals surface area (Å²) in [6.45, 7) is 2.39. The van der Waals surface area contributed by atoms with Crippen LogP contribution in [0.2, 0.25) is 0 Å². The van der Waals surface area contributed by atoms with Gasteiger partial charge in [0.15, 0.2) is 12.0 Å². The molecule has 0 heterocycles. The Morgan fingerprint density at radius 1 is 1.00 bits per heavy atom. The first-order chi connectivity index (χ1) is 8.35. The third kappa shape index (κ3) is 3.66. The van der Waals surface area contributed by atoms with Crippen molar-refractivity contribution in [1.29, 1.82) is 0 Å². The summed E-state index contributed by atoms with van der Waals surface area (Å²) in [5, 5.41) is 0.